The van der Waals surface area contributed by atoms with E-state index in [9.17, 15) is 10.1 Å². The molecule has 1 N–H and O–H groups in total. The molecule has 5 heteroatoms. The van der Waals surface area contributed by atoms with Crippen LogP contribution in [0, 0.1) is 16.0 Å². The fourth-order valence-electron chi connectivity index (χ4n) is 1.62. The quantitative estimate of drug-likeness (QED) is 0.479. The molecule has 0 radical (unpaired) electrons. The van der Waals surface area contributed by atoms with Crippen LogP contribution in [0.4, 0.5) is 0 Å². The third-order valence-electron chi connectivity index (χ3n) is 2.51. The third kappa shape index (κ3) is 2.22. The first-order valence-corrected chi connectivity index (χ1v) is 5.12. The molecule has 14 heavy (non-hydrogen) atoms. The Morgan fingerprint density at radius 2 is 2.36 bits per heavy atom. The van der Waals surface area contributed by atoms with Gasteiger partial charge in [0.05, 0.1) is 6.61 Å². The normalized spacial score (nSPS) is 27.6. The maximum absolute atomic E-state index is 10.7. The number of halogens is 1. The summed E-state index contributed by atoms with van der Waals surface area (Å²) in [5.41, 5.74) is 0.727. The van der Waals surface area contributed by atoms with Crippen LogP contribution in [-0.2, 0) is 0 Å². The molecule has 0 aromatic heterocycles. The SMILES string of the molecule is C=CC1CC(Br)=C(CO)CC1[N+](=O)[O-]. The summed E-state index contributed by atoms with van der Waals surface area (Å²) in [6.45, 7) is 3.48. The molecule has 0 heterocycles. The Morgan fingerprint density at radius 3 is 2.79 bits per heavy atom. The van der Waals surface area contributed by atoms with E-state index in [1.54, 1.807) is 6.08 Å². The maximum Gasteiger partial charge on any atom is 0.223 e. The van der Waals surface area contributed by atoms with E-state index in [-0.39, 0.29) is 17.4 Å². The molecular formula is C9H12BrNO3. The average molecular weight is 262 g/mol. The van der Waals surface area contributed by atoms with Crippen molar-refractivity contribution in [2.24, 2.45) is 5.92 Å². The lowest BCUT2D eigenvalue weighted by Crippen LogP contribution is -2.32. The van der Waals surface area contributed by atoms with Crippen molar-refractivity contribution in [2.45, 2.75) is 18.9 Å². The Hall–Kier alpha value is -0.680. The number of rotatable bonds is 3. The van der Waals surface area contributed by atoms with Crippen molar-refractivity contribution >= 4 is 15.9 Å². The van der Waals surface area contributed by atoms with Crippen LogP contribution in [0.3, 0.4) is 0 Å². The van der Waals surface area contributed by atoms with Crippen LogP contribution in [0.5, 0.6) is 0 Å². The predicted octanol–water partition coefficient (Wildman–Crippen LogP) is 1.87. The number of aliphatic hydroxyl groups is 1. The molecule has 4 nitrogen and oxygen atoms in total. The second kappa shape index (κ2) is 4.70. The van der Waals surface area contributed by atoms with E-state index in [2.05, 4.69) is 22.5 Å². The van der Waals surface area contributed by atoms with E-state index in [4.69, 9.17) is 5.11 Å². The van der Waals surface area contributed by atoms with Gasteiger partial charge in [-0.3, -0.25) is 10.1 Å². The summed E-state index contributed by atoms with van der Waals surface area (Å²) in [6.07, 6.45) is 2.48. The standard InChI is InChI=1S/C9H12BrNO3/c1-2-6-3-8(10)7(5-12)4-9(6)11(13)14/h2,6,9,12H,1,3-5H2. The van der Waals surface area contributed by atoms with Crippen LogP contribution >= 0.6 is 15.9 Å². The van der Waals surface area contributed by atoms with Crippen molar-refractivity contribution in [3.63, 3.8) is 0 Å². The van der Waals surface area contributed by atoms with Gasteiger partial charge in [-0.05, 0) is 16.5 Å². The van der Waals surface area contributed by atoms with E-state index >= 15 is 0 Å². The van der Waals surface area contributed by atoms with Crippen molar-refractivity contribution < 1.29 is 10.0 Å². The van der Waals surface area contributed by atoms with Crippen LogP contribution in [0.25, 0.3) is 0 Å². The molecule has 0 amide bonds. The first-order chi connectivity index (χ1) is 6.60. The molecule has 1 rings (SSSR count). The summed E-state index contributed by atoms with van der Waals surface area (Å²) in [5.74, 6) is -0.144. The van der Waals surface area contributed by atoms with Crippen LogP contribution in [-0.4, -0.2) is 22.7 Å². The number of nitrogens with zero attached hydrogens (tertiary/aromatic N) is 1. The number of nitro groups is 1. The fraction of sp³-hybridized carbons (Fsp3) is 0.556. The van der Waals surface area contributed by atoms with Gasteiger partial charge in [0.15, 0.2) is 0 Å². The summed E-state index contributed by atoms with van der Waals surface area (Å²) < 4.78 is 0.878. The number of aliphatic hydroxyl groups excluding tert-OH is 1. The second-order valence-corrected chi connectivity index (χ2v) is 4.28. The Bertz CT molecular complexity index is 288. The molecule has 0 fully saturated rings. The van der Waals surface area contributed by atoms with Gasteiger partial charge in [0.1, 0.15) is 0 Å². The zero-order chi connectivity index (χ0) is 10.7. The molecule has 1 aliphatic rings. The number of hydrogen-bond acceptors (Lipinski definition) is 3. The molecule has 1 aliphatic carbocycles. The zero-order valence-electron chi connectivity index (χ0n) is 7.65. The molecule has 0 aromatic carbocycles. The molecule has 2 unspecified atom stereocenters. The summed E-state index contributed by atoms with van der Waals surface area (Å²) in [7, 11) is 0. The lowest BCUT2D eigenvalue weighted by molar-refractivity contribution is -0.529. The fourth-order valence-corrected chi connectivity index (χ4v) is 2.28. The van der Waals surface area contributed by atoms with Gasteiger partial charge < -0.3 is 5.11 Å². The lowest BCUT2D eigenvalue weighted by Gasteiger charge is -2.24. The van der Waals surface area contributed by atoms with Gasteiger partial charge in [-0.1, -0.05) is 22.0 Å². The molecule has 0 aromatic rings. The zero-order valence-corrected chi connectivity index (χ0v) is 9.24. The number of hydrogen-bond donors (Lipinski definition) is 1. The first-order valence-electron chi connectivity index (χ1n) is 4.33. The smallest absolute Gasteiger partial charge is 0.223 e. The Morgan fingerprint density at radius 1 is 1.71 bits per heavy atom. The number of allylic oxidation sites excluding steroid dienone is 1. The minimum Gasteiger partial charge on any atom is -0.392 e. The summed E-state index contributed by atoms with van der Waals surface area (Å²) in [4.78, 5) is 10.4. The Balaban J connectivity index is 2.90. The van der Waals surface area contributed by atoms with Gasteiger partial charge in [0.2, 0.25) is 6.04 Å². The molecule has 0 saturated heterocycles. The Kier molecular flexibility index (Phi) is 3.83. The topological polar surface area (TPSA) is 63.4 Å². The van der Waals surface area contributed by atoms with Crippen molar-refractivity contribution in [3.05, 3.63) is 32.8 Å². The molecule has 0 spiro atoms. The minimum absolute atomic E-state index is 0.116. The van der Waals surface area contributed by atoms with Crippen LogP contribution in [0.15, 0.2) is 22.7 Å². The van der Waals surface area contributed by atoms with Gasteiger partial charge in [-0.25, -0.2) is 0 Å². The highest BCUT2D eigenvalue weighted by atomic mass is 79.9. The highest BCUT2D eigenvalue weighted by molar-refractivity contribution is 9.11. The van der Waals surface area contributed by atoms with Gasteiger partial charge in [0.25, 0.3) is 0 Å². The summed E-state index contributed by atoms with van der Waals surface area (Å²) in [6, 6.07) is -0.643. The lowest BCUT2D eigenvalue weighted by atomic mass is 9.85. The van der Waals surface area contributed by atoms with Gasteiger partial charge in [0, 0.05) is 17.3 Å². The predicted molar refractivity (Wildman–Crippen MR) is 56.7 cm³/mol. The van der Waals surface area contributed by atoms with Crippen LogP contribution in [0.1, 0.15) is 12.8 Å². The van der Waals surface area contributed by atoms with E-state index in [0.29, 0.717) is 12.8 Å². The third-order valence-corrected chi connectivity index (χ3v) is 3.40. The molecule has 2 atom stereocenters. The van der Waals surface area contributed by atoms with Crippen molar-refractivity contribution in [1.82, 2.24) is 0 Å². The second-order valence-electron chi connectivity index (χ2n) is 3.33. The van der Waals surface area contributed by atoms with E-state index in [1.165, 1.54) is 0 Å². The van der Waals surface area contributed by atoms with Crippen molar-refractivity contribution in [3.8, 4) is 0 Å². The largest absolute Gasteiger partial charge is 0.392 e. The van der Waals surface area contributed by atoms with Crippen LogP contribution < -0.4 is 0 Å². The molecule has 78 valence electrons. The molecule has 0 saturated carbocycles. The maximum atomic E-state index is 10.7. The van der Waals surface area contributed by atoms with Crippen molar-refractivity contribution in [2.75, 3.05) is 6.61 Å². The minimum atomic E-state index is -0.643. The van der Waals surface area contributed by atoms with Gasteiger partial charge in [-0.15, -0.1) is 6.58 Å². The highest BCUT2D eigenvalue weighted by Gasteiger charge is 2.35. The summed E-state index contributed by atoms with van der Waals surface area (Å²) >= 11 is 3.32. The average Bonchev–Trinajstić information content (AvgIpc) is 2.16. The van der Waals surface area contributed by atoms with E-state index in [1.807, 2.05) is 0 Å². The molecule has 0 aliphatic heterocycles. The highest BCUT2D eigenvalue weighted by Crippen LogP contribution is 2.34. The van der Waals surface area contributed by atoms with E-state index < -0.39 is 6.04 Å². The Labute approximate surface area is 90.6 Å². The van der Waals surface area contributed by atoms with Gasteiger partial charge in [-0.2, -0.15) is 0 Å². The molecule has 0 bridgehead atoms. The van der Waals surface area contributed by atoms with Crippen LogP contribution in [0.2, 0.25) is 0 Å². The van der Waals surface area contributed by atoms with E-state index in [0.717, 1.165) is 10.1 Å². The molecular weight excluding hydrogens is 250 g/mol. The summed E-state index contributed by atoms with van der Waals surface area (Å²) in [5, 5.41) is 19.7. The van der Waals surface area contributed by atoms with Crippen molar-refractivity contribution in [1.29, 1.82) is 0 Å². The van der Waals surface area contributed by atoms with Gasteiger partial charge >= 0.3 is 0 Å². The first kappa shape index (κ1) is 11.4. The monoisotopic (exact) mass is 261 g/mol.